The van der Waals surface area contributed by atoms with Gasteiger partial charge in [-0.15, -0.1) is 0 Å². The Labute approximate surface area is 131 Å². The highest BCUT2D eigenvalue weighted by Crippen LogP contribution is 2.21. The SMILES string of the molecule is CC(C)c1cc(C(=O)Nc2ncccc2Br)cc(NN)n1. The fraction of sp³-hybridized carbons (Fsp3) is 0.214. The quantitative estimate of drug-likeness (QED) is 0.582. The summed E-state index contributed by atoms with van der Waals surface area (Å²) in [5, 5.41) is 2.75. The summed E-state index contributed by atoms with van der Waals surface area (Å²) in [6, 6.07) is 6.93. The molecule has 0 aliphatic rings. The van der Waals surface area contributed by atoms with E-state index in [1.54, 1.807) is 24.4 Å². The summed E-state index contributed by atoms with van der Waals surface area (Å²) < 4.78 is 0.716. The zero-order valence-corrected chi connectivity index (χ0v) is 13.3. The van der Waals surface area contributed by atoms with Gasteiger partial charge in [0.25, 0.3) is 5.91 Å². The van der Waals surface area contributed by atoms with Crippen LogP contribution in [0.15, 0.2) is 34.9 Å². The van der Waals surface area contributed by atoms with Crippen molar-refractivity contribution in [3.63, 3.8) is 0 Å². The van der Waals surface area contributed by atoms with Crippen LogP contribution in [0, 0.1) is 0 Å². The first kappa shape index (κ1) is 15.4. The molecule has 0 aliphatic carbocycles. The number of amides is 1. The molecule has 0 aliphatic heterocycles. The molecule has 1 amide bonds. The minimum absolute atomic E-state index is 0.187. The Balaban J connectivity index is 2.30. The lowest BCUT2D eigenvalue weighted by molar-refractivity contribution is 0.102. The van der Waals surface area contributed by atoms with Crippen molar-refractivity contribution >= 4 is 33.5 Å². The fourth-order valence-electron chi connectivity index (χ4n) is 1.71. The minimum atomic E-state index is -0.268. The molecule has 0 fully saturated rings. The van der Waals surface area contributed by atoms with Gasteiger partial charge in [-0.1, -0.05) is 13.8 Å². The first-order valence-electron chi connectivity index (χ1n) is 6.41. The van der Waals surface area contributed by atoms with Crippen molar-refractivity contribution in [3.8, 4) is 0 Å². The Morgan fingerprint density at radius 1 is 1.38 bits per heavy atom. The molecule has 0 unspecified atom stereocenters. The van der Waals surface area contributed by atoms with Crippen LogP contribution in [0.2, 0.25) is 0 Å². The standard InChI is InChI=1S/C14H16BrN5O/c1-8(2)11-6-9(7-12(18-11)20-16)14(21)19-13-10(15)4-3-5-17-13/h3-8H,16H2,1-2H3,(H,18,20)(H,17,19,21). The van der Waals surface area contributed by atoms with Crippen molar-refractivity contribution < 1.29 is 4.79 Å². The summed E-state index contributed by atoms with van der Waals surface area (Å²) in [5.41, 5.74) is 3.74. The summed E-state index contributed by atoms with van der Waals surface area (Å²) in [5.74, 6) is 6.23. The predicted molar refractivity (Wildman–Crippen MR) is 86.0 cm³/mol. The number of aromatic nitrogens is 2. The second-order valence-corrected chi connectivity index (χ2v) is 5.61. The number of pyridine rings is 2. The first-order chi connectivity index (χ1) is 10.0. The Kier molecular flexibility index (Phi) is 4.87. The van der Waals surface area contributed by atoms with Gasteiger partial charge in [0.05, 0.1) is 4.47 Å². The highest BCUT2D eigenvalue weighted by molar-refractivity contribution is 9.10. The molecule has 2 heterocycles. The molecule has 0 aromatic carbocycles. The molecule has 6 nitrogen and oxygen atoms in total. The third kappa shape index (κ3) is 3.77. The lowest BCUT2D eigenvalue weighted by Gasteiger charge is -2.11. The summed E-state index contributed by atoms with van der Waals surface area (Å²) >= 11 is 3.34. The van der Waals surface area contributed by atoms with Crippen LogP contribution in [0.5, 0.6) is 0 Å². The number of carbonyl (C=O) groups excluding carboxylic acids is 1. The maximum absolute atomic E-state index is 12.3. The van der Waals surface area contributed by atoms with Gasteiger partial charge in [0.1, 0.15) is 11.6 Å². The van der Waals surface area contributed by atoms with E-state index >= 15 is 0 Å². The second-order valence-electron chi connectivity index (χ2n) is 4.75. The number of carbonyl (C=O) groups is 1. The average molecular weight is 350 g/mol. The number of nitrogen functional groups attached to an aromatic ring is 1. The van der Waals surface area contributed by atoms with E-state index in [1.807, 2.05) is 19.9 Å². The number of nitrogens with zero attached hydrogens (tertiary/aromatic N) is 2. The van der Waals surface area contributed by atoms with E-state index in [-0.39, 0.29) is 11.8 Å². The van der Waals surface area contributed by atoms with Gasteiger partial charge in [-0.25, -0.2) is 15.8 Å². The fourth-order valence-corrected chi connectivity index (χ4v) is 2.06. The van der Waals surface area contributed by atoms with Crippen LogP contribution in [0.1, 0.15) is 35.8 Å². The largest absolute Gasteiger partial charge is 0.308 e. The molecular formula is C14H16BrN5O. The molecule has 21 heavy (non-hydrogen) atoms. The number of hydrogen-bond acceptors (Lipinski definition) is 5. The number of hydrazine groups is 1. The highest BCUT2D eigenvalue weighted by atomic mass is 79.9. The summed E-state index contributed by atoms with van der Waals surface area (Å²) in [6.45, 7) is 4.00. The molecule has 0 saturated heterocycles. The molecular weight excluding hydrogens is 334 g/mol. The van der Waals surface area contributed by atoms with Crippen molar-refractivity contribution in [3.05, 3.63) is 46.2 Å². The second kappa shape index (κ2) is 6.64. The monoisotopic (exact) mass is 349 g/mol. The van der Waals surface area contributed by atoms with Gasteiger partial charge in [-0.05, 0) is 46.1 Å². The van der Waals surface area contributed by atoms with E-state index in [0.29, 0.717) is 21.7 Å². The third-order valence-corrected chi connectivity index (χ3v) is 3.48. The van der Waals surface area contributed by atoms with E-state index in [9.17, 15) is 4.79 Å². The summed E-state index contributed by atoms with van der Waals surface area (Å²) in [6.07, 6.45) is 1.61. The van der Waals surface area contributed by atoms with Crippen molar-refractivity contribution in [1.29, 1.82) is 0 Å². The number of nitrogens with two attached hydrogens (primary N) is 1. The minimum Gasteiger partial charge on any atom is -0.308 e. The van der Waals surface area contributed by atoms with Gasteiger partial charge in [-0.2, -0.15) is 0 Å². The lowest BCUT2D eigenvalue weighted by Crippen LogP contribution is -2.16. The molecule has 0 spiro atoms. The number of halogens is 1. The van der Waals surface area contributed by atoms with Crippen LogP contribution in [-0.2, 0) is 0 Å². The maximum atomic E-state index is 12.3. The molecule has 7 heteroatoms. The van der Waals surface area contributed by atoms with Crippen LogP contribution >= 0.6 is 15.9 Å². The predicted octanol–water partition coefficient (Wildman–Crippen LogP) is 2.90. The Bertz CT molecular complexity index is 660. The van der Waals surface area contributed by atoms with Crippen LogP contribution in [0.25, 0.3) is 0 Å². The molecule has 0 radical (unpaired) electrons. The van der Waals surface area contributed by atoms with Gasteiger partial charge >= 0.3 is 0 Å². The third-order valence-electron chi connectivity index (χ3n) is 2.84. The smallest absolute Gasteiger partial charge is 0.257 e. The van der Waals surface area contributed by atoms with Crippen molar-refractivity contribution in [1.82, 2.24) is 9.97 Å². The summed E-state index contributed by atoms with van der Waals surface area (Å²) in [7, 11) is 0. The van der Waals surface area contributed by atoms with Gasteiger partial charge in [0.15, 0.2) is 0 Å². The molecule has 2 rings (SSSR count). The molecule has 2 aromatic heterocycles. The molecule has 0 atom stereocenters. The van der Waals surface area contributed by atoms with Crippen molar-refractivity contribution in [2.75, 3.05) is 10.7 Å². The maximum Gasteiger partial charge on any atom is 0.257 e. The Hall–Kier alpha value is -1.99. The van der Waals surface area contributed by atoms with Gasteiger partial charge < -0.3 is 10.7 Å². The van der Waals surface area contributed by atoms with E-state index in [4.69, 9.17) is 5.84 Å². The topological polar surface area (TPSA) is 92.9 Å². The summed E-state index contributed by atoms with van der Waals surface area (Å²) in [4.78, 5) is 20.8. The van der Waals surface area contributed by atoms with E-state index in [2.05, 4.69) is 36.6 Å². The molecule has 4 N–H and O–H groups in total. The molecule has 2 aromatic rings. The first-order valence-corrected chi connectivity index (χ1v) is 7.21. The van der Waals surface area contributed by atoms with Gasteiger partial charge in [-0.3, -0.25) is 4.79 Å². The van der Waals surface area contributed by atoms with Crippen molar-refractivity contribution in [2.24, 2.45) is 5.84 Å². The average Bonchev–Trinajstić information content (AvgIpc) is 2.49. The molecule has 0 saturated carbocycles. The zero-order chi connectivity index (χ0) is 15.4. The van der Waals surface area contributed by atoms with Crippen LogP contribution in [0.3, 0.4) is 0 Å². The lowest BCUT2D eigenvalue weighted by atomic mass is 10.1. The van der Waals surface area contributed by atoms with E-state index in [1.165, 1.54) is 0 Å². The van der Waals surface area contributed by atoms with E-state index in [0.717, 1.165) is 5.69 Å². The van der Waals surface area contributed by atoms with Crippen LogP contribution in [-0.4, -0.2) is 15.9 Å². The Morgan fingerprint density at radius 2 is 2.14 bits per heavy atom. The van der Waals surface area contributed by atoms with Gasteiger partial charge in [0, 0.05) is 17.5 Å². The van der Waals surface area contributed by atoms with E-state index < -0.39 is 0 Å². The van der Waals surface area contributed by atoms with Crippen LogP contribution in [0.4, 0.5) is 11.6 Å². The number of hydrogen-bond donors (Lipinski definition) is 3. The number of anilines is 2. The van der Waals surface area contributed by atoms with Crippen molar-refractivity contribution in [2.45, 2.75) is 19.8 Å². The molecule has 0 bridgehead atoms. The van der Waals surface area contributed by atoms with Crippen LogP contribution < -0.4 is 16.6 Å². The number of nitrogens with one attached hydrogen (secondary N) is 2. The normalized spacial score (nSPS) is 10.5. The van der Waals surface area contributed by atoms with Gasteiger partial charge in [0.2, 0.25) is 0 Å². The molecule has 110 valence electrons. The highest BCUT2D eigenvalue weighted by Gasteiger charge is 2.13. The number of rotatable bonds is 4. The Morgan fingerprint density at radius 3 is 2.76 bits per heavy atom. The zero-order valence-electron chi connectivity index (χ0n) is 11.7.